The Labute approximate surface area is 290 Å². The van der Waals surface area contributed by atoms with Crippen LogP contribution in [0.5, 0.6) is 0 Å². The van der Waals surface area contributed by atoms with Crippen LogP contribution in [0.2, 0.25) is 0 Å². The van der Waals surface area contributed by atoms with Crippen molar-refractivity contribution in [2.24, 2.45) is 0 Å². The number of carbonyl (C=O) groups excluding carboxylic acids is 2. The van der Waals surface area contributed by atoms with E-state index in [0.717, 1.165) is 35.0 Å². The van der Waals surface area contributed by atoms with E-state index in [4.69, 9.17) is 14.6 Å². The minimum Gasteiger partial charge on any atom is -0.444 e. The summed E-state index contributed by atoms with van der Waals surface area (Å²) in [5.41, 5.74) is 3.89. The van der Waals surface area contributed by atoms with Gasteiger partial charge in [0.05, 0.1) is 24.1 Å². The van der Waals surface area contributed by atoms with Crippen LogP contribution in [0.3, 0.4) is 0 Å². The normalized spacial score (nSPS) is 18.6. The largest absolute Gasteiger partial charge is 0.444 e. The number of benzene rings is 1. The van der Waals surface area contributed by atoms with Crippen molar-refractivity contribution in [2.75, 3.05) is 44.8 Å². The van der Waals surface area contributed by atoms with Crippen LogP contribution in [0, 0.1) is 0 Å². The van der Waals surface area contributed by atoms with Gasteiger partial charge in [0.2, 0.25) is 5.91 Å². The van der Waals surface area contributed by atoms with E-state index in [-0.39, 0.29) is 29.6 Å². The van der Waals surface area contributed by atoms with Crippen molar-refractivity contribution >= 4 is 34.4 Å². The summed E-state index contributed by atoms with van der Waals surface area (Å²) < 4.78 is 45.4. The van der Waals surface area contributed by atoms with Crippen LogP contribution in [0.1, 0.15) is 82.3 Å². The lowest BCUT2D eigenvalue weighted by Gasteiger charge is -2.29. The molecule has 0 aliphatic carbocycles. The maximum absolute atomic E-state index is 15.0. The quantitative estimate of drug-likeness (QED) is 0.214. The topological polar surface area (TPSA) is 98.0 Å². The second-order valence-electron chi connectivity index (χ2n) is 14.6. The van der Waals surface area contributed by atoms with Crippen LogP contribution >= 0.6 is 0 Å². The highest BCUT2D eigenvalue weighted by atomic mass is 19.3. The molecule has 3 aliphatic heterocycles. The Balaban J connectivity index is 1.24. The molecule has 0 unspecified atom stereocenters. The lowest BCUT2D eigenvalue weighted by molar-refractivity contribution is -0.129. The van der Waals surface area contributed by atoms with Crippen LogP contribution in [0.25, 0.3) is 22.0 Å². The summed E-state index contributed by atoms with van der Waals surface area (Å²) in [5, 5.41) is 5.84. The molecule has 0 radical (unpaired) electrons. The first-order chi connectivity index (χ1) is 23.9. The summed E-state index contributed by atoms with van der Waals surface area (Å²) in [5.74, 6) is 0.665. The average molecular weight is 690 g/mol. The number of pyridine rings is 1. The number of carbonyl (C=O) groups is 2. The van der Waals surface area contributed by atoms with E-state index in [2.05, 4.69) is 14.2 Å². The molecular weight excluding hydrogens is 644 g/mol. The number of halogens is 2. The van der Waals surface area contributed by atoms with Crippen LogP contribution in [-0.4, -0.2) is 86.6 Å². The summed E-state index contributed by atoms with van der Waals surface area (Å²) >= 11 is 0. The molecule has 11 nitrogen and oxygen atoms in total. The SMILES string of the molecule is CC(=O)N1CCc2c(c(N(C)c3ccc(-c4cn([C@@H]5CCN(C(=O)OC(C)(C)C)C5)c5ccncc45)c(C(F)F)c3)nn2C2CCOCC2)C1. The lowest BCUT2D eigenvalue weighted by Crippen LogP contribution is -2.35. The van der Waals surface area contributed by atoms with Crippen LogP contribution in [0.15, 0.2) is 42.9 Å². The summed E-state index contributed by atoms with van der Waals surface area (Å²) in [4.78, 5) is 34.9. The zero-order valence-corrected chi connectivity index (χ0v) is 29.4. The number of ether oxygens (including phenoxy) is 2. The van der Waals surface area contributed by atoms with Gasteiger partial charge in [-0.25, -0.2) is 13.6 Å². The standard InChI is InChI=1S/C37H45F2N7O4/c1-23(47)43-15-10-33-31(21-43)35(41-46(33)24-11-16-49-17-12-24)42(5)25-6-7-27(28(18-25)34(38)39)30-22-45(32-8-13-40-19-29(30)32)26-9-14-44(20-26)36(48)50-37(2,3)4/h6-8,13,18-19,22,24,26,34H,9-12,14-17,20-21H2,1-5H3/t26-/m1/s1. The van der Waals surface area contributed by atoms with Crippen molar-refractivity contribution in [3.8, 4) is 11.1 Å². The second kappa shape index (κ2) is 13.3. The molecule has 266 valence electrons. The summed E-state index contributed by atoms with van der Waals surface area (Å²) in [6, 6.07) is 7.18. The first kappa shape index (κ1) is 34.0. The number of fused-ring (bicyclic) bond motifs is 2. The number of aromatic nitrogens is 4. The monoisotopic (exact) mass is 689 g/mol. The maximum atomic E-state index is 15.0. The molecule has 0 spiro atoms. The van der Waals surface area contributed by atoms with Gasteiger partial charge in [-0.15, -0.1) is 0 Å². The Morgan fingerprint density at radius 2 is 1.82 bits per heavy atom. The van der Waals surface area contributed by atoms with Gasteiger partial charge in [-0.1, -0.05) is 6.07 Å². The predicted molar refractivity (Wildman–Crippen MR) is 186 cm³/mol. The van der Waals surface area contributed by atoms with Gasteiger partial charge in [-0.3, -0.25) is 14.5 Å². The summed E-state index contributed by atoms with van der Waals surface area (Å²) in [6.07, 6.45) is 5.32. The first-order valence-corrected chi connectivity index (χ1v) is 17.4. The predicted octanol–water partition coefficient (Wildman–Crippen LogP) is 7.04. The fourth-order valence-corrected chi connectivity index (χ4v) is 7.58. The van der Waals surface area contributed by atoms with Crippen molar-refractivity contribution in [3.05, 3.63) is 59.7 Å². The van der Waals surface area contributed by atoms with Gasteiger partial charge in [0, 0.05) is 105 Å². The van der Waals surface area contributed by atoms with E-state index in [1.807, 2.05) is 55.9 Å². The van der Waals surface area contributed by atoms with Gasteiger partial charge in [0.25, 0.3) is 6.43 Å². The number of likely N-dealkylation sites (tertiary alicyclic amines) is 1. The number of hydrogen-bond acceptors (Lipinski definition) is 7. The molecule has 7 rings (SSSR count). The van der Waals surface area contributed by atoms with Crippen molar-refractivity contribution in [2.45, 2.75) is 84.0 Å². The number of alkyl halides is 2. The number of rotatable bonds is 6. The van der Waals surface area contributed by atoms with E-state index in [9.17, 15) is 9.59 Å². The van der Waals surface area contributed by atoms with Gasteiger partial charge in [-0.05, 0) is 63.8 Å². The Hall–Kier alpha value is -4.52. The molecular formula is C37H45F2N7O4. The third kappa shape index (κ3) is 6.43. The molecule has 2 saturated heterocycles. The van der Waals surface area contributed by atoms with Gasteiger partial charge < -0.3 is 28.7 Å². The second-order valence-corrected chi connectivity index (χ2v) is 14.6. The van der Waals surface area contributed by atoms with Crippen LogP contribution < -0.4 is 4.90 Å². The minimum atomic E-state index is -2.75. The molecule has 1 aromatic carbocycles. The molecule has 3 aliphatic rings. The molecule has 0 bridgehead atoms. The highest BCUT2D eigenvalue weighted by molar-refractivity contribution is 5.97. The third-order valence-corrected chi connectivity index (χ3v) is 10.2. The van der Waals surface area contributed by atoms with E-state index >= 15 is 8.78 Å². The van der Waals surface area contributed by atoms with Gasteiger partial charge in [0.1, 0.15) is 5.60 Å². The Morgan fingerprint density at radius 3 is 2.54 bits per heavy atom. The number of hydrogen-bond donors (Lipinski definition) is 0. The molecule has 50 heavy (non-hydrogen) atoms. The molecule has 2 amide bonds. The molecule has 0 saturated carbocycles. The van der Waals surface area contributed by atoms with Crippen molar-refractivity contribution in [1.82, 2.24) is 29.1 Å². The summed E-state index contributed by atoms with van der Waals surface area (Å²) in [6.45, 7) is 10.5. The lowest BCUT2D eigenvalue weighted by atomic mass is 9.98. The third-order valence-electron chi connectivity index (χ3n) is 10.2. The molecule has 2 fully saturated rings. The fraction of sp³-hybridized carbons (Fsp3) is 0.514. The van der Waals surface area contributed by atoms with Crippen LogP contribution in [-0.2, 0) is 27.2 Å². The van der Waals surface area contributed by atoms with Gasteiger partial charge in [-0.2, -0.15) is 5.10 Å². The zero-order chi connectivity index (χ0) is 35.3. The van der Waals surface area contributed by atoms with Gasteiger partial charge >= 0.3 is 6.09 Å². The number of nitrogens with zero attached hydrogens (tertiary/aromatic N) is 7. The number of anilines is 2. The van der Waals surface area contributed by atoms with E-state index < -0.39 is 12.0 Å². The van der Waals surface area contributed by atoms with E-state index in [1.165, 1.54) is 0 Å². The smallest absolute Gasteiger partial charge is 0.410 e. The number of amides is 2. The zero-order valence-electron chi connectivity index (χ0n) is 29.4. The van der Waals surface area contributed by atoms with Gasteiger partial charge in [0.15, 0.2) is 5.82 Å². The molecule has 0 N–H and O–H groups in total. The fourth-order valence-electron chi connectivity index (χ4n) is 7.58. The van der Waals surface area contributed by atoms with Crippen molar-refractivity contribution in [1.29, 1.82) is 0 Å². The highest BCUT2D eigenvalue weighted by Gasteiger charge is 2.34. The Bertz CT molecular complexity index is 1910. The maximum Gasteiger partial charge on any atom is 0.410 e. The van der Waals surface area contributed by atoms with E-state index in [1.54, 1.807) is 36.4 Å². The summed E-state index contributed by atoms with van der Waals surface area (Å²) in [7, 11) is 1.85. The Kier molecular flexibility index (Phi) is 9.04. The van der Waals surface area contributed by atoms with Crippen LogP contribution in [0.4, 0.5) is 25.1 Å². The van der Waals surface area contributed by atoms with E-state index in [0.29, 0.717) is 74.9 Å². The first-order valence-electron chi connectivity index (χ1n) is 17.4. The minimum absolute atomic E-state index is 0.00351. The molecule has 13 heteroatoms. The molecule has 6 heterocycles. The van der Waals surface area contributed by atoms with Crippen molar-refractivity contribution < 1.29 is 27.8 Å². The molecule has 3 aromatic heterocycles. The Morgan fingerprint density at radius 1 is 1.04 bits per heavy atom. The molecule has 1 atom stereocenters. The highest BCUT2D eigenvalue weighted by Crippen LogP contribution is 2.42. The molecule has 4 aromatic rings. The van der Waals surface area contributed by atoms with Crippen molar-refractivity contribution in [3.63, 3.8) is 0 Å². The average Bonchev–Trinajstić information content (AvgIpc) is 3.83.